The molecule has 2 N–H and O–H groups in total. The van der Waals surface area contributed by atoms with Crippen molar-refractivity contribution in [1.29, 1.82) is 0 Å². The van der Waals surface area contributed by atoms with Crippen LogP contribution in [0, 0.1) is 0 Å². The Bertz CT molecular complexity index is 914. The number of rotatable bonds is 4. The van der Waals surface area contributed by atoms with E-state index in [9.17, 15) is 0 Å². The molecular formula is C21H24BrN5. The van der Waals surface area contributed by atoms with Crippen molar-refractivity contribution in [3.05, 3.63) is 63.4 Å². The van der Waals surface area contributed by atoms with Gasteiger partial charge < -0.3 is 5.73 Å². The van der Waals surface area contributed by atoms with E-state index in [0.29, 0.717) is 5.96 Å². The van der Waals surface area contributed by atoms with E-state index in [1.165, 1.54) is 0 Å². The van der Waals surface area contributed by atoms with Crippen molar-refractivity contribution in [2.45, 2.75) is 38.6 Å². The van der Waals surface area contributed by atoms with Gasteiger partial charge in [0.2, 0.25) is 0 Å². The highest BCUT2D eigenvalue weighted by molar-refractivity contribution is 9.10. The number of hydrogen-bond donors (Lipinski definition) is 1. The Kier molecular flexibility index (Phi) is 4.76. The summed E-state index contributed by atoms with van der Waals surface area (Å²) in [4.78, 5) is 16.8. The summed E-state index contributed by atoms with van der Waals surface area (Å²) in [6, 6.07) is 12.6. The zero-order valence-electron chi connectivity index (χ0n) is 15.7. The van der Waals surface area contributed by atoms with E-state index in [1.807, 2.05) is 12.1 Å². The number of amidine groups is 1. The van der Waals surface area contributed by atoms with Gasteiger partial charge in [-0.2, -0.15) is 0 Å². The number of hydrogen-bond acceptors (Lipinski definition) is 5. The van der Waals surface area contributed by atoms with E-state index >= 15 is 0 Å². The molecule has 140 valence electrons. The number of aliphatic imine (C=N–C) groups is 2. The third-order valence-corrected chi connectivity index (χ3v) is 5.75. The van der Waals surface area contributed by atoms with Crippen LogP contribution in [-0.4, -0.2) is 34.8 Å². The minimum absolute atomic E-state index is 0.543. The Morgan fingerprint density at radius 3 is 2.52 bits per heavy atom. The monoisotopic (exact) mass is 425 g/mol. The van der Waals surface area contributed by atoms with Crippen LogP contribution in [0.3, 0.4) is 0 Å². The lowest BCUT2D eigenvalue weighted by Crippen LogP contribution is -2.46. The molecule has 27 heavy (non-hydrogen) atoms. The van der Waals surface area contributed by atoms with Gasteiger partial charge in [0, 0.05) is 29.0 Å². The molecule has 1 aromatic carbocycles. The Balaban J connectivity index is 2.03. The van der Waals surface area contributed by atoms with Crippen LogP contribution in [-0.2, 0) is 18.4 Å². The largest absolute Gasteiger partial charge is 0.369 e. The molecule has 1 aromatic heterocycles. The van der Waals surface area contributed by atoms with Crippen molar-refractivity contribution >= 4 is 27.7 Å². The molecule has 3 heterocycles. The highest BCUT2D eigenvalue weighted by atomic mass is 79.9. The van der Waals surface area contributed by atoms with Crippen LogP contribution in [0.15, 0.2) is 50.9 Å². The third-order valence-electron chi connectivity index (χ3n) is 5.26. The number of aromatic nitrogens is 1. The average molecular weight is 426 g/mol. The van der Waals surface area contributed by atoms with Gasteiger partial charge in [0.25, 0.3) is 0 Å². The number of halogens is 1. The maximum atomic E-state index is 6.39. The van der Waals surface area contributed by atoms with Crippen LogP contribution >= 0.6 is 15.9 Å². The summed E-state index contributed by atoms with van der Waals surface area (Å²) in [5.41, 5.74) is 9.97. The highest BCUT2D eigenvalue weighted by Gasteiger charge is 2.49. The van der Waals surface area contributed by atoms with Crippen molar-refractivity contribution in [1.82, 2.24) is 9.88 Å². The van der Waals surface area contributed by atoms with Gasteiger partial charge in [0.05, 0.1) is 0 Å². The first-order chi connectivity index (χ1) is 13.1. The summed E-state index contributed by atoms with van der Waals surface area (Å²) in [5.74, 6) is 1.47. The van der Waals surface area contributed by atoms with Crippen molar-refractivity contribution in [2.24, 2.45) is 15.7 Å². The van der Waals surface area contributed by atoms with Crippen LogP contribution in [0.5, 0.6) is 0 Å². The molecule has 4 rings (SSSR count). The van der Waals surface area contributed by atoms with Crippen molar-refractivity contribution in [3.63, 3.8) is 0 Å². The molecular weight excluding hydrogens is 402 g/mol. The van der Waals surface area contributed by atoms with Crippen LogP contribution in [0.4, 0.5) is 0 Å². The SMILES string of the molecule is CCc1cc(C2(c3cccc(Br)c3)N=C(N)N3CCCN=C32)cc(CC)n1. The van der Waals surface area contributed by atoms with Gasteiger partial charge in [0.1, 0.15) is 5.84 Å². The molecule has 1 atom stereocenters. The molecule has 0 amide bonds. The first kappa shape index (κ1) is 18.2. The Hall–Kier alpha value is -2.21. The summed E-state index contributed by atoms with van der Waals surface area (Å²) in [7, 11) is 0. The van der Waals surface area contributed by atoms with Gasteiger partial charge in [-0.05, 0) is 54.7 Å². The van der Waals surface area contributed by atoms with E-state index in [2.05, 4.69) is 58.9 Å². The molecule has 0 spiro atoms. The standard InChI is InChI=1S/C21H24BrN5/c1-3-17-12-15(13-18(4-2)25-17)21(14-7-5-8-16(22)11-14)19-24-9-6-10-27(19)20(23)26-21/h5,7-8,11-13H,3-4,6,9-10H2,1-2H3,(H2,23,26). The lowest BCUT2D eigenvalue weighted by molar-refractivity contribution is 0.531. The molecule has 5 nitrogen and oxygen atoms in total. The quantitative estimate of drug-likeness (QED) is 0.812. The Morgan fingerprint density at radius 2 is 1.85 bits per heavy atom. The van der Waals surface area contributed by atoms with Gasteiger partial charge in [0.15, 0.2) is 11.5 Å². The van der Waals surface area contributed by atoms with Gasteiger partial charge in [-0.1, -0.05) is 41.9 Å². The van der Waals surface area contributed by atoms with E-state index in [0.717, 1.165) is 65.2 Å². The summed E-state index contributed by atoms with van der Waals surface area (Å²) >= 11 is 3.62. The first-order valence-corrected chi connectivity index (χ1v) is 10.3. The summed E-state index contributed by atoms with van der Waals surface area (Å²) in [5, 5.41) is 0. The second kappa shape index (κ2) is 7.08. The number of guanidine groups is 1. The van der Waals surface area contributed by atoms with Crippen LogP contribution in [0.2, 0.25) is 0 Å². The fourth-order valence-electron chi connectivity index (χ4n) is 3.91. The predicted octanol–water partition coefficient (Wildman–Crippen LogP) is 3.65. The normalized spacial score (nSPS) is 21.7. The molecule has 0 saturated carbocycles. The van der Waals surface area contributed by atoms with E-state index in [4.69, 9.17) is 20.7 Å². The minimum Gasteiger partial charge on any atom is -0.369 e. The fourth-order valence-corrected chi connectivity index (χ4v) is 4.31. The van der Waals surface area contributed by atoms with E-state index < -0.39 is 5.54 Å². The molecule has 0 fully saturated rings. The van der Waals surface area contributed by atoms with Crippen molar-refractivity contribution < 1.29 is 0 Å². The molecule has 2 aromatic rings. The Morgan fingerprint density at radius 1 is 1.11 bits per heavy atom. The molecule has 2 aliphatic rings. The summed E-state index contributed by atoms with van der Waals surface area (Å²) < 4.78 is 1.02. The highest BCUT2D eigenvalue weighted by Crippen LogP contribution is 2.42. The number of nitrogens with zero attached hydrogens (tertiary/aromatic N) is 4. The topological polar surface area (TPSA) is 66.9 Å². The predicted molar refractivity (Wildman–Crippen MR) is 113 cm³/mol. The number of aryl methyl sites for hydroxylation is 2. The molecule has 0 radical (unpaired) electrons. The zero-order valence-corrected chi connectivity index (χ0v) is 17.3. The fraction of sp³-hybridized carbons (Fsp3) is 0.381. The minimum atomic E-state index is -0.717. The first-order valence-electron chi connectivity index (χ1n) is 9.52. The molecule has 0 saturated heterocycles. The third kappa shape index (κ3) is 2.96. The smallest absolute Gasteiger partial charge is 0.198 e. The number of pyridine rings is 1. The second-order valence-corrected chi connectivity index (χ2v) is 7.86. The lowest BCUT2D eigenvalue weighted by Gasteiger charge is -2.33. The van der Waals surface area contributed by atoms with Gasteiger partial charge in [-0.3, -0.25) is 14.9 Å². The summed E-state index contributed by atoms with van der Waals surface area (Å²) in [6.45, 7) is 5.93. The van der Waals surface area contributed by atoms with Crippen LogP contribution in [0.25, 0.3) is 0 Å². The molecule has 6 heteroatoms. The van der Waals surface area contributed by atoms with Crippen molar-refractivity contribution in [2.75, 3.05) is 13.1 Å². The molecule has 1 unspecified atom stereocenters. The van der Waals surface area contributed by atoms with Crippen LogP contribution < -0.4 is 5.73 Å². The van der Waals surface area contributed by atoms with Crippen LogP contribution in [0.1, 0.15) is 42.8 Å². The lowest BCUT2D eigenvalue weighted by atomic mass is 9.81. The number of nitrogens with two attached hydrogens (primary N) is 1. The van der Waals surface area contributed by atoms with Gasteiger partial charge in [-0.15, -0.1) is 0 Å². The number of benzene rings is 1. The molecule has 0 aliphatic carbocycles. The van der Waals surface area contributed by atoms with Crippen molar-refractivity contribution in [3.8, 4) is 0 Å². The second-order valence-electron chi connectivity index (χ2n) is 6.95. The van der Waals surface area contributed by atoms with E-state index in [1.54, 1.807) is 0 Å². The molecule has 2 aliphatic heterocycles. The maximum Gasteiger partial charge on any atom is 0.198 e. The average Bonchev–Trinajstić information content (AvgIpc) is 3.01. The Labute approximate surface area is 168 Å². The van der Waals surface area contributed by atoms with Gasteiger partial charge >= 0.3 is 0 Å². The van der Waals surface area contributed by atoms with E-state index in [-0.39, 0.29) is 0 Å². The number of fused-ring (bicyclic) bond motifs is 1. The summed E-state index contributed by atoms with van der Waals surface area (Å²) in [6.07, 6.45) is 2.75. The molecule has 0 bridgehead atoms. The maximum absolute atomic E-state index is 6.39. The van der Waals surface area contributed by atoms with Gasteiger partial charge in [-0.25, -0.2) is 4.99 Å². The zero-order chi connectivity index (χ0) is 19.0.